The van der Waals surface area contributed by atoms with Gasteiger partial charge in [0.1, 0.15) is 47.0 Å². The number of benzene rings is 2. The highest BCUT2D eigenvalue weighted by Gasteiger charge is 2.42. The molecule has 0 atom stereocenters. The molecule has 2 aromatic carbocycles. The Labute approximate surface area is 201 Å². The van der Waals surface area contributed by atoms with Crippen LogP contribution in [-0.4, -0.2) is 10.1 Å². The van der Waals surface area contributed by atoms with Gasteiger partial charge in [0.2, 0.25) is 0 Å². The molecule has 1 aromatic heterocycles. The summed E-state index contributed by atoms with van der Waals surface area (Å²) in [6, 6.07) is 14.5. The van der Waals surface area contributed by atoms with Crippen LogP contribution in [0.4, 0.5) is 13.2 Å². The van der Waals surface area contributed by atoms with Crippen LogP contribution in [0.3, 0.4) is 0 Å². The Morgan fingerprint density at radius 1 is 0.722 bits per heavy atom. The van der Waals surface area contributed by atoms with Gasteiger partial charge in [0, 0.05) is 51.2 Å². The second-order valence-corrected chi connectivity index (χ2v) is 7.70. The van der Waals surface area contributed by atoms with Gasteiger partial charge in [-0.05, 0) is 17.7 Å². The number of halogens is 3. The normalized spacial score (nSPS) is 14.6. The SMILES string of the molecule is N#CC(C#N)=C1/C(=C2/c3cccnc3-c3c(O)cccc32)C(=C(C#N)C#N)c2c(F)c(F)cc(F)c21. The van der Waals surface area contributed by atoms with Crippen molar-refractivity contribution in [1.82, 2.24) is 4.98 Å². The highest BCUT2D eigenvalue weighted by Crippen LogP contribution is 2.58. The molecule has 0 aliphatic heterocycles. The van der Waals surface area contributed by atoms with Crippen molar-refractivity contribution in [2.75, 3.05) is 0 Å². The van der Waals surface area contributed by atoms with E-state index in [1.165, 1.54) is 18.3 Å². The summed E-state index contributed by atoms with van der Waals surface area (Å²) in [6.45, 7) is 0. The van der Waals surface area contributed by atoms with Gasteiger partial charge < -0.3 is 5.11 Å². The van der Waals surface area contributed by atoms with Crippen LogP contribution in [0.1, 0.15) is 22.3 Å². The third kappa shape index (κ3) is 2.78. The Balaban J connectivity index is 2.15. The van der Waals surface area contributed by atoms with E-state index in [9.17, 15) is 30.5 Å². The van der Waals surface area contributed by atoms with E-state index >= 15 is 8.78 Å². The molecule has 0 amide bonds. The summed E-state index contributed by atoms with van der Waals surface area (Å²) < 4.78 is 44.9. The van der Waals surface area contributed by atoms with Crippen molar-refractivity contribution in [2.45, 2.75) is 0 Å². The predicted molar refractivity (Wildman–Crippen MR) is 120 cm³/mol. The minimum Gasteiger partial charge on any atom is -0.507 e. The van der Waals surface area contributed by atoms with Gasteiger partial charge in [-0.2, -0.15) is 21.0 Å². The molecule has 3 aromatic rings. The van der Waals surface area contributed by atoms with Crippen molar-refractivity contribution in [3.8, 4) is 41.3 Å². The zero-order chi connectivity index (χ0) is 25.7. The predicted octanol–water partition coefficient (Wildman–Crippen LogP) is 5.30. The lowest BCUT2D eigenvalue weighted by atomic mass is 9.88. The van der Waals surface area contributed by atoms with E-state index in [0.29, 0.717) is 16.8 Å². The number of aromatic nitrogens is 1. The van der Waals surface area contributed by atoms with Crippen LogP contribution in [-0.2, 0) is 0 Å². The summed E-state index contributed by atoms with van der Waals surface area (Å²) in [6.07, 6.45) is 1.46. The first-order valence-corrected chi connectivity index (χ1v) is 10.2. The first kappa shape index (κ1) is 22.2. The summed E-state index contributed by atoms with van der Waals surface area (Å²) >= 11 is 0. The number of hydrogen-bond donors (Lipinski definition) is 1. The molecule has 36 heavy (non-hydrogen) atoms. The smallest absolute Gasteiger partial charge is 0.167 e. The number of nitrogens with zero attached hydrogens (tertiary/aromatic N) is 5. The van der Waals surface area contributed by atoms with E-state index in [-0.39, 0.29) is 28.5 Å². The van der Waals surface area contributed by atoms with Crippen molar-refractivity contribution in [1.29, 1.82) is 21.0 Å². The number of fused-ring (bicyclic) bond motifs is 4. The average Bonchev–Trinajstić information content (AvgIpc) is 3.39. The van der Waals surface area contributed by atoms with Crippen molar-refractivity contribution in [3.05, 3.63) is 99.0 Å². The van der Waals surface area contributed by atoms with Gasteiger partial charge in [-0.25, -0.2) is 13.2 Å². The van der Waals surface area contributed by atoms with E-state index in [2.05, 4.69) is 4.98 Å². The molecule has 0 saturated carbocycles. The lowest BCUT2D eigenvalue weighted by molar-refractivity contribution is 0.477. The van der Waals surface area contributed by atoms with E-state index < -0.39 is 50.9 Å². The highest BCUT2D eigenvalue weighted by molar-refractivity contribution is 6.21. The summed E-state index contributed by atoms with van der Waals surface area (Å²) in [5.74, 6) is -4.58. The second kappa shape index (κ2) is 7.99. The zero-order valence-electron chi connectivity index (χ0n) is 17.9. The first-order valence-electron chi connectivity index (χ1n) is 10.2. The monoisotopic (exact) mass is 475 g/mol. The van der Waals surface area contributed by atoms with Crippen LogP contribution >= 0.6 is 0 Å². The lowest BCUT2D eigenvalue weighted by Crippen LogP contribution is -1.98. The lowest BCUT2D eigenvalue weighted by Gasteiger charge is -2.12. The molecule has 168 valence electrons. The van der Waals surface area contributed by atoms with Crippen LogP contribution in [0.5, 0.6) is 5.75 Å². The molecule has 6 nitrogen and oxygen atoms in total. The summed E-state index contributed by atoms with van der Waals surface area (Å²) in [5, 5.41) is 49.5. The average molecular weight is 475 g/mol. The van der Waals surface area contributed by atoms with Gasteiger partial charge in [0.25, 0.3) is 0 Å². The van der Waals surface area contributed by atoms with Crippen LogP contribution in [0, 0.1) is 62.8 Å². The zero-order valence-corrected chi connectivity index (χ0v) is 17.9. The number of hydrogen-bond acceptors (Lipinski definition) is 6. The maximum atomic E-state index is 15.3. The molecule has 0 bridgehead atoms. The molecule has 0 radical (unpaired) electrons. The Kier molecular flexibility index (Phi) is 4.92. The minimum atomic E-state index is -1.58. The molecular weight excluding hydrogens is 467 g/mol. The van der Waals surface area contributed by atoms with Crippen molar-refractivity contribution in [2.24, 2.45) is 0 Å². The third-order valence-corrected chi connectivity index (χ3v) is 5.99. The Hall–Kier alpha value is -5.64. The quantitative estimate of drug-likeness (QED) is 0.271. The summed E-state index contributed by atoms with van der Waals surface area (Å²) in [5.41, 5.74) is -2.37. The third-order valence-electron chi connectivity index (χ3n) is 5.99. The van der Waals surface area contributed by atoms with E-state index in [0.717, 1.165) is 0 Å². The summed E-state index contributed by atoms with van der Waals surface area (Å²) in [4.78, 5) is 4.31. The molecular formula is C27H8F3N5O. The fraction of sp³-hybridized carbons (Fsp3) is 0. The maximum absolute atomic E-state index is 15.3. The van der Waals surface area contributed by atoms with Gasteiger partial charge >= 0.3 is 0 Å². The van der Waals surface area contributed by atoms with Gasteiger partial charge in [-0.1, -0.05) is 18.2 Å². The molecule has 0 spiro atoms. The van der Waals surface area contributed by atoms with Crippen LogP contribution in [0.25, 0.3) is 28.0 Å². The van der Waals surface area contributed by atoms with Crippen LogP contribution < -0.4 is 0 Å². The molecule has 0 saturated heterocycles. The van der Waals surface area contributed by atoms with Gasteiger partial charge in [0.15, 0.2) is 11.6 Å². The largest absolute Gasteiger partial charge is 0.507 e. The van der Waals surface area contributed by atoms with Crippen molar-refractivity contribution in [3.63, 3.8) is 0 Å². The number of nitriles is 4. The van der Waals surface area contributed by atoms with E-state index in [4.69, 9.17) is 0 Å². The first-order chi connectivity index (χ1) is 17.4. The van der Waals surface area contributed by atoms with Crippen LogP contribution in [0.15, 0.2) is 59.3 Å². The van der Waals surface area contributed by atoms with Crippen molar-refractivity contribution >= 4 is 16.7 Å². The standard InChI is InChI=1S/C27H8F3N5O/c28-16-7-17(29)26(30)25-20(13(10-33)11-34)24(19(23(16)25)12(8-31)9-32)21-14-3-1-5-18(36)22(14)27-15(21)4-2-6-35-27/h1-7,36H/b24-21-. The molecule has 1 heterocycles. The molecule has 0 unspecified atom stereocenters. The van der Waals surface area contributed by atoms with Gasteiger partial charge in [0.05, 0.1) is 11.3 Å². The molecule has 1 N–H and O–H groups in total. The van der Waals surface area contributed by atoms with Crippen molar-refractivity contribution < 1.29 is 18.3 Å². The number of aromatic hydroxyl groups is 1. The molecule has 2 aliphatic rings. The number of phenols is 1. The number of pyridine rings is 1. The van der Waals surface area contributed by atoms with E-state index in [1.54, 1.807) is 42.5 Å². The molecule has 9 heteroatoms. The van der Waals surface area contributed by atoms with E-state index in [1.807, 2.05) is 0 Å². The number of phenolic OH excluding ortho intramolecular Hbond substituents is 1. The topological polar surface area (TPSA) is 128 Å². The van der Waals surface area contributed by atoms with Gasteiger partial charge in [-0.15, -0.1) is 0 Å². The molecule has 5 rings (SSSR count). The molecule has 0 fully saturated rings. The highest BCUT2D eigenvalue weighted by atomic mass is 19.2. The van der Waals surface area contributed by atoms with Crippen LogP contribution in [0.2, 0.25) is 0 Å². The Morgan fingerprint density at radius 3 is 1.97 bits per heavy atom. The van der Waals surface area contributed by atoms with Gasteiger partial charge in [-0.3, -0.25) is 4.98 Å². The number of allylic oxidation sites excluding steroid dienone is 5. The second-order valence-electron chi connectivity index (χ2n) is 7.70. The number of rotatable bonds is 0. The minimum absolute atomic E-state index is 0.162. The fourth-order valence-electron chi connectivity index (χ4n) is 4.69. The Morgan fingerprint density at radius 2 is 1.33 bits per heavy atom. The fourth-order valence-corrected chi connectivity index (χ4v) is 4.69. The summed E-state index contributed by atoms with van der Waals surface area (Å²) in [7, 11) is 0. The maximum Gasteiger partial charge on any atom is 0.167 e. The Bertz CT molecular complexity index is 1790. The molecule has 2 aliphatic carbocycles.